The van der Waals surface area contributed by atoms with E-state index in [-0.39, 0.29) is 12.0 Å². The van der Waals surface area contributed by atoms with Crippen molar-refractivity contribution in [3.05, 3.63) is 35.4 Å². The van der Waals surface area contributed by atoms with Crippen molar-refractivity contribution in [1.82, 2.24) is 9.80 Å². The predicted molar refractivity (Wildman–Crippen MR) is 82.0 cm³/mol. The highest BCUT2D eigenvalue weighted by Gasteiger charge is 2.31. The van der Waals surface area contributed by atoms with Gasteiger partial charge in [-0.05, 0) is 30.5 Å². The minimum absolute atomic E-state index is 0.132. The van der Waals surface area contributed by atoms with Gasteiger partial charge in [0, 0.05) is 32.7 Å². The third kappa shape index (κ3) is 3.46. The zero-order valence-electron chi connectivity index (χ0n) is 12.7. The molecule has 2 aliphatic rings. The summed E-state index contributed by atoms with van der Waals surface area (Å²) in [5.41, 5.74) is 1.78. The highest BCUT2D eigenvalue weighted by atomic mass is 16.5. The second kappa shape index (κ2) is 6.91. The van der Waals surface area contributed by atoms with Gasteiger partial charge in [0.25, 0.3) is 5.91 Å². The number of hydrogen-bond acceptors (Lipinski definition) is 4. The van der Waals surface area contributed by atoms with E-state index in [4.69, 9.17) is 10.00 Å². The minimum Gasteiger partial charge on any atom is -0.366 e. The average Bonchev–Trinajstić information content (AvgIpc) is 3.09. The Morgan fingerprint density at radius 2 is 2.14 bits per heavy atom. The van der Waals surface area contributed by atoms with Crippen LogP contribution in [0.15, 0.2) is 24.3 Å². The van der Waals surface area contributed by atoms with Gasteiger partial charge in [-0.25, -0.2) is 0 Å². The van der Waals surface area contributed by atoms with Crippen LogP contribution in [0.4, 0.5) is 0 Å². The molecule has 0 radical (unpaired) electrons. The van der Waals surface area contributed by atoms with E-state index in [1.54, 1.807) is 0 Å². The highest BCUT2D eigenvalue weighted by Crippen LogP contribution is 2.16. The molecule has 0 N–H and O–H groups in total. The summed E-state index contributed by atoms with van der Waals surface area (Å²) in [5.74, 6) is 0.132. The molecule has 1 atom stereocenters. The second-order valence-corrected chi connectivity index (χ2v) is 5.94. The van der Waals surface area contributed by atoms with Gasteiger partial charge in [0.15, 0.2) is 0 Å². The number of nitrogens with zero attached hydrogens (tertiary/aromatic N) is 3. The number of carbonyl (C=O) groups is 1. The van der Waals surface area contributed by atoms with Crippen LogP contribution in [0.2, 0.25) is 0 Å². The lowest BCUT2D eigenvalue weighted by Crippen LogP contribution is -2.50. The zero-order chi connectivity index (χ0) is 15.4. The lowest BCUT2D eigenvalue weighted by molar-refractivity contribution is -0.148. The van der Waals surface area contributed by atoms with Gasteiger partial charge in [0.1, 0.15) is 6.10 Å². The van der Waals surface area contributed by atoms with Gasteiger partial charge in [0.05, 0.1) is 18.2 Å². The quantitative estimate of drug-likeness (QED) is 0.846. The average molecular weight is 299 g/mol. The number of amides is 1. The molecule has 2 saturated heterocycles. The molecule has 2 fully saturated rings. The zero-order valence-corrected chi connectivity index (χ0v) is 12.7. The van der Waals surface area contributed by atoms with Crippen LogP contribution < -0.4 is 0 Å². The van der Waals surface area contributed by atoms with Crippen molar-refractivity contribution in [3.63, 3.8) is 0 Å². The first kappa shape index (κ1) is 15.0. The summed E-state index contributed by atoms with van der Waals surface area (Å²) in [6.45, 7) is 4.52. The first-order valence-corrected chi connectivity index (χ1v) is 7.88. The van der Waals surface area contributed by atoms with E-state index in [9.17, 15) is 4.79 Å². The van der Waals surface area contributed by atoms with Gasteiger partial charge in [0.2, 0.25) is 0 Å². The second-order valence-electron chi connectivity index (χ2n) is 5.94. The molecule has 22 heavy (non-hydrogen) atoms. The molecule has 2 heterocycles. The van der Waals surface area contributed by atoms with Crippen LogP contribution in [0.25, 0.3) is 0 Å². The number of benzene rings is 1. The molecular formula is C17H21N3O2. The topological polar surface area (TPSA) is 56.6 Å². The molecule has 3 rings (SSSR count). The summed E-state index contributed by atoms with van der Waals surface area (Å²) < 4.78 is 5.68. The molecule has 1 aromatic rings. The number of likely N-dealkylation sites (tertiary alicyclic amines) is 1. The van der Waals surface area contributed by atoms with Gasteiger partial charge in [-0.1, -0.05) is 12.1 Å². The number of carbonyl (C=O) groups excluding carboxylic acids is 1. The SMILES string of the molecule is N#Cc1cccc(CN2CCOC(C(=O)N3CCCC3)C2)c1. The van der Waals surface area contributed by atoms with Crippen molar-refractivity contribution in [2.45, 2.75) is 25.5 Å². The standard InChI is InChI=1S/C17H21N3O2/c18-11-14-4-3-5-15(10-14)12-19-8-9-22-16(13-19)17(21)20-6-1-2-7-20/h3-5,10,16H,1-2,6-9,12-13H2. The molecular weight excluding hydrogens is 278 g/mol. The van der Waals surface area contributed by atoms with Gasteiger partial charge in [-0.3, -0.25) is 9.69 Å². The maximum absolute atomic E-state index is 12.4. The first-order valence-electron chi connectivity index (χ1n) is 7.88. The van der Waals surface area contributed by atoms with E-state index >= 15 is 0 Å². The van der Waals surface area contributed by atoms with Crippen LogP contribution in [0.1, 0.15) is 24.0 Å². The van der Waals surface area contributed by atoms with Crippen molar-refractivity contribution in [2.75, 3.05) is 32.8 Å². The third-order valence-corrected chi connectivity index (χ3v) is 4.31. The summed E-state index contributed by atoms with van der Waals surface area (Å²) in [6, 6.07) is 9.81. The third-order valence-electron chi connectivity index (χ3n) is 4.31. The maximum Gasteiger partial charge on any atom is 0.253 e. The largest absolute Gasteiger partial charge is 0.366 e. The van der Waals surface area contributed by atoms with E-state index in [1.807, 2.05) is 29.2 Å². The molecule has 1 amide bonds. The summed E-state index contributed by atoms with van der Waals surface area (Å²) in [6.07, 6.45) is 1.86. The van der Waals surface area contributed by atoms with E-state index in [2.05, 4.69) is 11.0 Å². The number of rotatable bonds is 3. The van der Waals surface area contributed by atoms with Crippen LogP contribution in [-0.2, 0) is 16.1 Å². The van der Waals surface area contributed by atoms with Gasteiger partial charge in [-0.15, -0.1) is 0 Å². The molecule has 2 aliphatic heterocycles. The highest BCUT2D eigenvalue weighted by molar-refractivity contribution is 5.81. The molecule has 1 unspecified atom stereocenters. The Kier molecular flexibility index (Phi) is 4.71. The monoisotopic (exact) mass is 299 g/mol. The molecule has 5 heteroatoms. The lowest BCUT2D eigenvalue weighted by Gasteiger charge is -2.34. The fourth-order valence-electron chi connectivity index (χ4n) is 3.13. The lowest BCUT2D eigenvalue weighted by atomic mass is 10.1. The Balaban J connectivity index is 1.60. The summed E-state index contributed by atoms with van der Waals surface area (Å²) in [4.78, 5) is 16.6. The van der Waals surface area contributed by atoms with Crippen molar-refractivity contribution >= 4 is 5.91 Å². The summed E-state index contributed by atoms with van der Waals surface area (Å²) >= 11 is 0. The number of nitriles is 1. The van der Waals surface area contributed by atoms with E-state index in [0.29, 0.717) is 18.7 Å². The fourth-order valence-corrected chi connectivity index (χ4v) is 3.13. The Morgan fingerprint density at radius 1 is 1.32 bits per heavy atom. The van der Waals surface area contributed by atoms with E-state index in [0.717, 1.165) is 44.6 Å². The predicted octanol–water partition coefficient (Wildman–Crippen LogP) is 1.38. The molecule has 0 aromatic heterocycles. The Hall–Kier alpha value is -1.90. The van der Waals surface area contributed by atoms with Crippen LogP contribution in [0.5, 0.6) is 0 Å². The number of morpholine rings is 1. The van der Waals surface area contributed by atoms with Crippen LogP contribution in [0.3, 0.4) is 0 Å². The molecule has 0 bridgehead atoms. The number of hydrogen-bond donors (Lipinski definition) is 0. The van der Waals surface area contributed by atoms with Gasteiger partial charge >= 0.3 is 0 Å². The number of ether oxygens (including phenoxy) is 1. The fraction of sp³-hybridized carbons (Fsp3) is 0.529. The molecule has 0 aliphatic carbocycles. The Labute approximate surface area is 131 Å². The molecule has 5 nitrogen and oxygen atoms in total. The van der Waals surface area contributed by atoms with Crippen molar-refractivity contribution < 1.29 is 9.53 Å². The van der Waals surface area contributed by atoms with E-state index < -0.39 is 0 Å². The molecule has 1 aromatic carbocycles. The van der Waals surface area contributed by atoms with Gasteiger partial charge in [-0.2, -0.15) is 5.26 Å². The Morgan fingerprint density at radius 3 is 2.91 bits per heavy atom. The molecule has 0 saturated carbocycles. The first-order chi connectivity index (χ1) is 10.8. The van der Waals surface area contributed by atoms with Crippen molar-refractivity contribution in [1.29, 1.82) is 5.26 Å². The molecule has 0 spiro atoms. The van der Waals surface area contributed by atoms with E-state index in [1.165, 1.54) is 0 Å². The van der Waals surface area contributed by atoms with Crippen LogP contribution in [0, 0.1) is 11.3 Å². The van der Waals surface area contributed by atoms with Crippen molar-refractivity contribution in [3.8, 4) is 6.07 Å². The maximum atomic E-state index is 12.4. The smallest absolute Gasteiger partial charge is 0.253 e. The molecule has 116 valence electrons. The minimum atomic E-state index is -0.342. The van der Waals surface area contributed by atoms with Crippen LogP contribution in [-0.4, -0.2) is 54.6 Å². The van der Waals surface area contributed by atoms with Crippen molar-refractivity contribution in [2.24, 2.45) is 0 Å². The van der Waals surface area contributed by atoms with Gasteiger partial charge < -0.3 is 9.64 Å². The summed E-state index contributed by atoms with van der Waals surface area (Å²) in [5, 5.41) is 8.97. The van der Waals surface area contributed by atoms with Crippen LogP contribution >= 0.6 is 0 Å². The Bertz CT molecular complexity index is 576. The summed E-state index contributed by atoms with van der Waals surface area (Å²) in [7, 11) is 0. The normalized spacial score (nSPS) is 22.5.